The van der Waals surface area contributed by atoms with Gasteiger partial charge in [0, 0.05) is 18.5 Å². The van der Waals surface area contributed by atoms with Gasteiger partial charge in [0.2, 0.25) is 21.8 Å². The minimum Gasteiger partial charge on any atom is -0.350 e. The number of halogens is 3. The topological polar surface area (TPSA) is 86.8 Å². The van der Waals surface area contributed by atoms with Gasteiger partial charge in [0.05, 0.1) is 22.0 Å². The maximum atomic E-state index is 14.0. The zero-order chi connectivity index (χ0) is 29.7. The Balaban J connectivity index is 2.09. The van der Waals surface area contributed by atoms with Crippen LogP contribution in [0, 0.1) is 5.82 Å². The van der Waals surface area contributed by atoms with Crippen LogP contribution in [0.3, 0.4) is 0 Å². The van der Waals surface area contributed by atoms with E-state index in [1.165, 1.54) is 23.1 Å². The summed E-state index contributed by atoms with van der Waals surface area (Å²) >= 11 is 12.3. The third-order valence-corrected chi connectivity index (χ3v) is 7.76. The van der Waals surface area contributed by atoms with Crippen LogP contribution in [0.25, 0.3) is 0 Å². The molecule has 0 saturated heterocycles. The summed E-state index contributed by atoms with van der Waals surface area (Å²) in [6.45, 7) is 4.75. The predicted octanol–water partition coefficient (Wildman–Crippen LogP) is 5.45. The van der Waals surface area contributed by atoms with Crippen molar-refractivity contribution >= 4 is 50.7 Å². The molecule has 0 saturated carbocycles. The smallest absolute Gasteiger partial charge is 0.244 e. The summed E-state index contributed by atoms with van der Waals surface area (Å²) < 4.78 is 40.3. The second-order valence-electron chi connectivity index (χ2n) is 10.5. The number of benzene rings is 3. The third-order valence-electron chi connectivity index (χ3n) is 5.88. The maximum Gasteiger partial charge on any atom is 0.244 e. The molecule has 214 valence electrons. The van der Waals surface area contributed by atoms with Crippen LogP contribution >= 0.6 is 23.2 Å². The number of nitrogens with zero attached hydrogens (tertiary/aromatic N) is 2. The Morgan fingerprint density at radius 2 is 1.60 bits per heavy atom. The molecule has 0 aliphatic heterocycles. The van der Waals surface area contributed by atoms with Crippen LogP contribution in [0.4, 0.5) is 10.1 Å². The molecule has 0 fully saturated rings. The lowest BCUT2D eigenvalue weighted by atomic mass is 10.0. The molecule has 0 spiro atoms. The van der Waals surface area contributed by atoms with E-state index in [1.807, 2.05) is 51.1 Å². The van der Waals surface area contributed by atoms with Crippen molar-refractivity contribution in [3.63, 3.8) is 0 Å². The van der Waals surface area contributed by atoms with Crippen molar-refractivity contribution in [3.8, 4) is 0 Å². The number of carbonyl (C=O) groups excluding carboxylic acids is 2. The Hall–Kier alpha value is -3.14. The van der Waals surface area contributed by atoms with E-state index in [-0.39, 0.29) is 23.7 Å². The van der Waals surface area contributed by atoms with E-state index in [2.05, 4.69) is 5.32 Å². The number of amides is 2. The van der Waals surface area contributed by atoms with Gasteiger partial charge in [-0.3, -0.25) is 13.9 Å². The van der Waals surface area contributed by atoms with Gasteiger partial charge in [-0.15, -0.1) is 0 Å². The average molecular weight is 609 g/mol. The summed E-state index contributed by atoms with van der Waals surface area (Å²) in [5, 5.41) is 3.53. The van der Waals surface area contributed by atoms with Gasteiger partial charge in [-0.05, 0) is 62.2 Å². The first-order chi connectivity index (χ1) is 18.6. The van der Waals surface area contributed by atoms with E-state index >= 15 is 0 Å². The molecule has 0 radical (unpaired) electrons. The second kappa shape index (κ2) is 13.0. The number of sulfonamides is 1. The van der Waals surface area contributed by atoms with Gasteiger partial charge in [0.25, 0.3) is 0 Å². The molecule has 0 heterocycles. The van der Waals surface area contributed by atoms with Gasteiger partial charge in [-0.2, -0.15) is 0 Å². The molecular formula is C29H32Cl2FN3O4S. The molecule has 0 aromatic heterocycles. The van der Waals surface area contributed by atoms with Gasteiger partial charge < -0.3 is 10.2 Å². The molecule has 0 bridgehead atoms. The van der Waals surface area contributed by atoms with Crippen molar-refractivity contribution in [1.82, 2.24) is 10.2 Å². The van der Waals surface area contributed by atoms with Crippen LogP contribution in [-0.2, 0) is 32.6 Å². The molecule has 11 heteroatoms. The molecular weight excluding hydrogens is 576 g/mol. The van der Waals surface area contributed by atoms with E-state index < -0.39 is 45.8 Å². The van der Waals surface area contributed by atoms with Crippen LogP contribution in [-0.4, -0.2) is 49.5 Å². The fourth-order valence-corrected chi connectivity index (χ4v) is 5.25. The summed E-state index contributed by atoms with van der Waals surface area (Å²) in [4.78, 5) is 29.0. The van der Waals surface area contributed by atoms with E-state index in [0.29, 0.717) is 10.6 Å². The molecule has 0 aliphatic rings. The molecule has 0 unspecified atom stereocenters. The molecule has 2 amide bonds. The van der Waals surface area contributed by atoms with Crippen molar-refractivity contribution < 1.29 is 22.4 Å². The molecule has 40 heavy (non-hydrogen) atoms. The summed E-state index contributed by atoms with van der Waals surface area (Å²) in [7, 11) is -4.00. The Morgan fingerprint density at radius 3 is 2.17 bits per heavy atom. The minimum atomic E-state index is -4.00. The number of hydrogen-bond donors (Lipinski definition) is 1. The van der Waals surface area contributed by atoms with Crippen molar-refractivity contribution in [1.29, 1.82) is 0 Å². The lowest BCUT2D eigenvalue weighted by molar-refractivity contribution is -0.140. The first-order valence-corrected chi connectivity index (χ1v) is 15.1. The first kappa shape index (κ1) is 31.4. The van der Waals surface area contributed by atoms with Crippen LogP contribution in [0.2, 0.25) is 10.0 Å². The lowest BCUT2D eigenvalue weighted by Crippen LogP contribution is -2.56. The highest BCUT2D eigenvalue weighted by molar-refractivity contribution is 7.92. The lowest BCUT2D eigenvalue weighted by Gasteiger charge is -2.35. The van der Waals surface area contributed by atoms with Gasteiger partial charge in [-0.25, -0.2) is 12.8 Å². The quantitative estimate of drug-likeness (QED) is 0.332. The molecule has 3 rings (SSSR count). The fourth-order valence-electron chi connectivity index (χ4n) is 4.09. The summed E-state index contributed by atoms with van der Waals surface area (Å²) in [6.07, 6.45) is 1.09. The highest BCUT2D eigenvalue weighted by Crippen LogP contribution is 2.25. The van der Waals surface area contributed by atoms with Crippen molar-refractivity contribution in [3.05, 3.63) is 99.8 Å². The number of nitrogens with one attached hydrogen (secondary N) is 1. The van der Waals surface area contributed by atoms with Crippen LogP contribution in [0.5, 0.6) is 0 Å². The maximum absolute atomic E-state index is 14.0. The molecule has 3 aromatic carbocycles. The van der Waals surface area contributed by atoms with E-state index in [0.717, 1.165) is 22.2 Å². The molecule has 0 aliphatic carbocycles. The van der Waals surface area contributed by atoms with Crippen molar-refractivity contribution in [2.75, 3.05) is 17.1 Å². The molecule has 1 N–H and O–H groups in total. The Bertz CT molecular complexity index is 1460. The normalized spacial score (nSPS) is 12.5. The highest BCUT2D eigenvalue weighted by atomic mass is 35.5. The van der Waals surface area contributed by atoms with Crippen LogP contribution < -0.4 is 9.62 Å². The summed E-state index contributed by atoms with van der Waals surface area (Å²) in [5.41, 5.74) is 0.767. The van der Waals surface area contributed by atoms with Crippen molar-refractivity contribution in [2.24, 2.45) is 0 Å². The average Bonchev–Trinajstić information content (AvgIpc) is 2.85. The zero-order valence-electron chi connectivity index (χ0n) is 22.7. The largest absolute Gasteiger partial charge is 0.350 e. The Morgan fingerprint density at radius 1 is 0.925 bits per heavy atom. The zero-order valence-corrected chi connectivity index (χ0v) is 25.0. The Labute approximate surface area is 244 Å². The van der Waals surface area contributed by atoms with Gasteiger partial charge in [-0.1, -0.05) is 65.7 Å². The van der Waals surface area contributed by atoms with Crippen LogP contribution in [0.1, 0.15) is 31.9 Å². The van der Waals surface area contributed by atoms with Crippen molar-refractivity contribution in [2.45, 2.75) is 45.3 Å². The van der Waals surface area contributed by atoms with Gasteiger partial charge in [0.15, 0.2) is 0 Å². The highest BCUT2D eigenvalue weighted by Gasteiger charge is 2.34. The fraction of sp³-hybridized carbons (Fsp3) is 0.310. The second-order valence-corrected chi connectivity index (χ2v) is 13.2. The van der Waals surface area contributed by atoms with E-state index in [1.54, 1.807) is 18.2 Å². The van der Waals surface area contributed by atoms with E-state index in [4.69, 9.17) is 23.2 Å². The number of anilines is 1. The molecule has 3 aromatic rings. The summed E-state index contributed by atoms with van der Waals surface area (Å²) in [6, 6.07) is 18.0. The Kier molecular flexibility index (Phi) is 10.2. The molecule has 7 nitrogen and oxygen atoms in total. The van der Waals surface area contributed by atoms with Gasteiger partial charge >= 0.3 is 0 Å². The third kappa shape index (κ3) is 8.94. The number of rotatable bonds is 10. The molecule has 1 atom stereocenters. The number of hydrogen-bond acceptors (Lipinski definition) is 4. The first-order valence-electron chi connectivity index (χ1n) is 12.5. The monoisotopic (exact) mass is 607 g/mol. The summed E-state index contributed by atoms with van der Waals surface area (Å²) in [5.74, 6) is -1.73. The number of carbonyl (C=O) groups is 2. The van der Waals surface area contributed by atoms with Gasteiger partial charge in [0.1, 0.15) is 18.4 Å². The van der Waals surface area contributed by atoms with E-state index in [9.17, 15) is 22.4 Å². The minimum absolute atomic E-state index is 0.0101. The standard InChI is InChI=1S/C29H32Cl2FN3O4S/c1-29(2,3)33-28(37)26(16-20-9-6-5-7-10-20)34(18-21-13-14-24(30)25(31)15-21)27(36)19-35(40(4,38)39)23-12-8-11-22(32)17-23/h5-15,17,26H,16,18-19H2,1-4H3,(H,33,37)/t26-/m0/s1. The van der Waals surface area contributed by atoms with Crippen LogP contribution in [0.15, 0.2) is 72.8 Å². The predicted molar refractivity (Wildman–Crippen MR) is 157 cm³/mol. The SMILES string of the molecule is CC(C)(C)NC(=O)[C@H](Cc1ccccc1)N(Cc1ccc(Cl)c(Cl)c1)C(=O)CN(c1cccc(F)c1)S(C)(=O)=O.